The molecule has 3 aromatic rings. The highest BCUT2D eigenvalue weighted by atomic mass is 35.5. The Morgan fingerprint density at radius 2 is 1.59 bits per heavy atom. The van der Waals surface area contributed by atoms with Gasteiger partial charge in [0, 0.05) is 34.3 Å². The van der Waals surface area contributed by atoms with E-state index in [2.05, 4.69) is 5.32 Å². The minimum Gasteiger partial charge on any atom is -0.486 e. The van der Waals surface area contributed by atoms with E-state index in [4.69, 9.17) is 32.7 Å². The predicted octanol–water partition coefficient (Wildman–Crippen LogP) is 5.82. The number of hydrogen-bond acceptors (Lipinski definition) is 6. The van der Waals surface area contributed by atoms with Gasteiger partial charge in [-0.1, -0.05) is 43.1 Å². The molecule has 13 heteroatoms. The Morgan fingerprint density at radius 3 is 2.20 bits per heavy atom. The summed E-state index contributed by atoms with van der Waals surface area (Å²) in [6.07, 6.45) is 0.889. The molecule has 236 valence electrons. The molecule has 2 atom stereocenters. The highest BCUT2D eigenvalue weighted by molar-refractivity contribution is 7.92. The molecule has 3 aromatic carbocycles. The van der Waals surface area contributed by atoms with Gasteiger partial charge in [0.1, 0.15) is 31.6 Å². The Hall–Kier alpha value is -3.54. The number of hydrogen-bond donors (Lipinski definition) is 1. The number of nitrogens with one attached hydrogen (secondary N) is 1. The summed E-state index contributed by atoms with van der Waals surface area (Å²) in [5.41, 5.74) is 0.449. The van der Waals surface area contributed by atoms with Gasteiger partial charge in [0.2, 0.25) is 11.8 Å². The molecule has 0 spiro atoms. The number of sulfonamides is 1. The zero-order valence-electron chi connectivity index (χ0n) is 24.6. The third-order valence-corrected chi connectivity index (χ3v) is 9.75. The van der Waals surface area contributed by atoms with Crippen molar-refractivity contribution in [3.63, 3.8) is 0 Å². The first-order chi connectivity index (χ1) is 21.0. The van der Waals surface area contributed by atoms with Gasteiger partial charge in [-0.05, 0) is 68.3 Å². The van der Waals surface area contributed by atoms with E-state index in [-0.39, 0.29) is 52.0 Å². The number of ether oxygens (including phenoxy) is 2. The van der Waals surface area contributed by atoms with Crippen LogP contribution in [0.5, 0.6) is 11.5 Å². The monoisotopic (exact) mass is 665 g/mol. The van der Waals surface area contributed by atoms with Crippen molar-refractivity contribution in [1.29, 1.82) is 0 Å². The lowest BCUT2D eigenvalue weighted by Gasteiger charge is -2.34. The molecule has 1 aliphatic heterocycles. The van der Waals surface area contributed by atoms with Crippen molar-refractivity contribution in [2.75, 3.05) is 24.1 Å². The van der Waals surface area contributed by atoms with Crippen LogP contribution < -0.4 is 19.1 Å². The summed E-state index contributed by atoms with van der Waals surface area (Å²) in [6.45, 7) is 5.21. The maximum Gasteiger partial charge on any atom is 0.264 e. The number of nitrogens with zero attached hydrogens (tertiary/aromatic N) is 2. The van der Waals surface area contributed by atoms with Crippen LogP contribution in [0.3, 0.4) is 0 Å². The first-order valence-corrected chi connectivity index (χ1v) is 16.4. The van der Waals surface area contributed by atoms with Crippen LogP contribution >= 0.6 is 23.2 Å². The van der Waals surface area contributed by atoms with E-state index in [1.54, 1.807) is 25.1 Å². The zero-order chi connectivity index (χ0) is 32.0. The second-order valence-electron chi connectivity index (χ2n) is 10.3. The van der Waals surface area contributed by atoms with E-state index in [1.807, 2.05) is 13.8 Å². The third-order valence-electron chi connectivity index (χ3n) is 7.27. The largest absolute Gasteiger partial charge is 0.486 e. The maximum atomic E-state index is 14.2. The van der Waals surface area contributed by atoms with Gasteiger partial charge in [0.25, 0.3) is 10.0 Å². The minimum atomic E-state index is -4.42. The fraction of sp³-hybridized carbons (Fsp3) is 0.355. The lowest BCUT2D eigenvalue weighted by atomic mass is 10.1. The lowest BCUT2D eigenvalue weighted by molar-refractivity contribution is -0.140. The molecule has 1 heterocycles. The summed E-state index contributed by atoms with van der Waals surface area (Å²) in [5.74, 6) is -1.05. The fourth-order valence-corrected chi connectivity index (χ4v) is 6.61. The van der Waals surface area contributed by atoms with Gasteiger partial charge in [-0.2, -0.15) is 0 Å². The van der Waals surface area contributed by atoms with Crippen LogP contribution in [0, 0.1) is 5.82 Å². The number of fused-ring (bicyclic) bond motifs is 1. The average Bonchev–Trinajstić information content (AvgIpc) is 3.01. The molecule has 0 aliphatic carbocycles. The third kappa shape index (κ3) is 7.57. The molecule has 0 saturated heterocycles. The van der Waals surface area contributed by atoms with E-state index in [1.165, 1.54) is 35.2 Å². The fourth-order valence-electron chi connectivity index (χ4n) is 4.66. The Morgan fingerprint density at radius 1 is 0.955 bits per heavy atom. The number of rotatable bonds is 12. The van der Waals surface area contributed by atoms with Gasteiger partial charge in [-0.25, -0.2) is 12.8 Å². The molecule has 9 nitrogen and oxygen atoms in total. The van der Waals surface area contributed by atoms with Gasteiger partial charge in [-0.15, -0.1) is 0 Å². The van der Waals surface area contributed by atoms with E-state index >= 15 is 0 Å². The number of carbonyl (C=O) groups excluding carboxylic acids is 2. The van der Waals surface area contributed by atoms with Crippen molar-refractivity contribution in [1.82, 2.24) is 10.2 Å². The molecule has 0 aromatic heterocycles. The average molecular weight is 667 g/mol. The number of anilines is 1. The predicted molar refractivity (Wildman–Crippen MR) is 167 cm³/mol. The SMILES string of the molecule is CC[C@@H](C)NC(=O)[C@H](CC)N(Cc1c(Cl)cccc1Cl)C(=O)CN(c1ccc(F)cc1)S(=O)(=O)c1ccc2c(c1)OCCO2. The van der Waals surface area contributed by atoms with Crippen LogP contribution in [-0.4, -0.2) is 57.0 Å². The Bertz CT molecular complexity index is 1590. The normalized spacial score (nSPS) is 14.0. The van der Waals surface area contributed by atoms with Gasteiger partial charge >= 0.3 is 0 Å². The maximum absolute atomic E-state index is 14.2. The van der Waals surface area contributed by atoms with Crippen LogP contribution in [-0.2, 0) is 26.2 Å². The number of carbonyl (C=O) groups is 2. The van der Waals surface area contributed by atoms with Crippen LogP contribution in [0.15, 0.2) is 65.6 Å². The topological polar surface area (TPSA) is 105 Å². The quantitative estimate of drug-likeness (QED) is 0.261. The van der Waals surface area contributed by atoms with E-state index in [9.17, 15) is 22.4 Å². The summed E-state index contributed by atoms with van der Waals surface area (Å²) in [4.78, 5) is 28.8. The second-order valence-corrected chi connectivity index (χ2v) is 12.9. The van der Waals surface area contributed by atoms with Gasteiger partial charge in [-0.3, -0.25) is 13.9 Å². The first-order valence-electron chi connectivity index (χ1n) is 14.2. The number of halogens is 3. The summed E-state index contributed by atoms with van der Waals surface area (Å²) in [7, 11) is -4.42. The Labute approximate surface area is 266 Å². The molecule has 44 heavy (non-hydrogen) atoms. The molecule has 0 bridgehead atoms. The summed E-state index contributed by atoms with van der Waals surface area (Å²) in [5, 5.41) is 3.48. The molecular formula is C31H34Cl2FN3O6S. The molecule has 0 radical (unpaired) electrons. The van der Waals surface area contributed by atoms with Crippen LogP contribution in [0.1, 0.15) is 39.2 Å². The van der Waals surface area contributed by atoms with Crippen LogP contribution in [0.2, 0.25) is 10.0 Å². The molecule has 0 fully saturated rings. The lowest BCUT2D eigenvalue weighted by Crippen LogP contribution is -2.53. The van der Waals surface area contributed by atoms with Crippen LogP contribution in [0.25, 0.3) is 0 Å². The summed E-state index contributed by atoms with van der Waals surface area (Å²) >= 11 is 12.9. The van der Waals surface area contributed by atoms with Crippen molar-refractivity contribution < 1.29 is 31.9 Å². The van der Waals surface area contributed by atoms with Gasteiger partial charge < -0.3 is 19.7 Å². The van der Waals surface area contributed by atoms with Crippen LogP contribution in [0.4, 0.5) is 10.1 Å². The molecule has 1 N–H and O–H groups in total. The number of benzene rings is 3. The van der Waals surface area contributed by atoms with Crippen molar-refractivity contribution >= 4 is 50.7 Å². The second kappa shape index (κ2) is 14.5. The molecule has 4 rings (SSSR count). The van der Waals surface area contributed by atoms with E-state index in [0.717, 1.165) is 16.4 Å². The Kier molecular flexibility index (Phi) is 11.0. The van der Waals surface area contributed by atoms with Crippen molar-refractivity contribution in [2.24, 2.45) is 0 Å². The first kappa shape index (κ1) is 33.4. The van der Waals surface area contributed by atoms with Gasteiger partial charge in [0.15, 0.2) is 11.5 Å². The van der Waals surface area contributed by atoms with Crippen molar-refractivity contribution in [3.8, 4) is 11.5 Å². The zero-order valence-corrected chi connectivity index (χ0v) is 26.9. The Balaban J connectivity index is 1.77. The number of amides is 2. The molecule has 0 saturated carbocycles. The van der Waals surface area contributed by atoms with Crippen molar-refractivity contribution in [2.45, 2.75) is 57.1 Å². The highest BCUT2D eigenvalue weighted by Crippen LogP contribution is 2.35. The molecule has 0 unspecified atom stereocenters. The summed E-state index contributed by atoms with van der Waals surface area (Å²) in [6, 6.07) is 12.6. The molecule has 1 aliphatic rings. The van der Waals surface area contributed by atoms with Gasteiger partial charge in [0.05, 0.1) is 10.6 Å². The summed E-state index contributed by atoms with van der Waals surface area (Å²) < 4.78 is 54.1. The van der Waals surface area contributed by atoms with E-state index in [0.29, 0.717) is 24.3 Å². The van der Waals surface area contributed by atoms with E-state index < -0.39 is 40.2 Å². The van der Waals surface area contributed by atoms with Crippen molar-refractivity contribution in [3.05, 3.63) is 82.1 Å². The standard InChI is InChI=1S/C31H34Cl2FN3O6S/c1-4-20(3)35-31(39)27(5-2)36(18-24-25(32)7-6-8-26(24)33)30(38)19-37(22-11-9-21(34)10-12-22)44(40,41)23-13-14-28-29(17-23)43-16-15-42-28/h6-14,17,20,27H,4-5,15-16,18-19H2,1-3H3,(H,35,39)/t20-,27+/m1/s1. The highest BCUT2D eigenvalue weighted by Gasteiger charge is 2.35. The molecular weight excluding hydrogens is 632 g/mol. The minimum absolute atomic E-state index is 0.0440. The smallest absolute Gasteiger partial charge is 0.264 e. The molecule has 2 amide bonds.